The summed E-state index contributed by atoms with van der Waals surface area (Å²) in [6.45, 7) is 5.20. The van der Waals surface area contributed by atoms with E-state index in [1.54, 1.807) is 0 Å². The van der Waals surface area contributed by atoms with Gasteiger partial charge in [-0.1, -0.05) is 29.3 Å². The Labute approximate surface area is 124 Å². The lowest BCUT2D eigenvalue weighted by Gasteiger charge is -2.12. The first-order valence-corrected chi connectivity index (χ1v) is 7.76. The number of aromatic nitrogens is 1. The third kappa shape index (κ3) is 2.86. The zero-order chi connectivity index (χ0) is 13.1. The van der Waals surface area contributed by atoms with Gasteiger partial charge in [-0.05, 0) is 47.5 Å². The Kier molecular flexibility index (Phi) is 4.62. The summed E-state index contributed by atoms with van der Waals surface area (Å²) in [6, 6.07) is 6.32. The number of fused-ring (bicyclic) bond motifs is 1. The minimum atomic E-state index is 0.912. The molecule has 18 heavy (non-hydrogen) atoms. The molecule has 0 aliphatic carbocycles. The number of nitrogens with one attached hydrogen (secondary N) is 1. The van der Waals surface area contributed by atoms with Crippen LogP contribution < -0.4 is 5.32 Å². The molecule has 1 aromatic carbocycles. The minimum absolute atomic E-state index is 0.912. The molecule has 2 nitrogen and oxygen atoms in total. The van der Waals surface area contributed by atoms with Crippen molar-refractivity contribution < 1.29 is 0 Å². The van der Waals surface area contributed by atoms with Crippen molar-refractivity contribution in [3.63, 3.8) is 0 Å². The summed E-state index contributed by atoms with van der Waals surface area (Å²) in [6.07, 6.45) is 2.12. The molecule has 0 bridgehead atoms. The second-order valence-electron chi connectivity index (χ2n) is 4.23. The summed E-state index contributed by atoms with van der Waals surface area (Å²) in [7, 11) is 0. The molecule has 0 atom stereocenters. The van der Waals surface area contributed by atoms with Gasteiger partial charge in [0.1, 0.15) is 0 Å². The second-order valence-corrected chi connectivity index (χ2v) is 6.00. The average molecular weight is 372 g/mol. The average Bonchev–Trinajstić information content (AvgIpc) is 2.31. The highest BCUT2D eigenvalue weighted by molar-refractivity contribution is 9.11. The number of hydrogen-bond donors (Lipinski definition) is 1. The monoisotopic (exact) mass is 370 g/mol. The summed E-state index contributed by atoms with van der Waals surface area (Å²) in [5, 5.41) is 4.57. The van der Waals surface area contributed by atoms with Crippen LogP contribution in [0.25, 0.3) is 10.9 Å². The van der Waals surface area contributed by atoms with Gasteiger partial charge in [-0.3, -0.25) is 4.98 Å². The van der Waals surface area contributed by atoms with Crippen molar-refractivity contribution >= 4 is 48.5 Å². The van der Waals surface area contributed by atoms with Crippen LogP contribution in [0.1, 0.15) is 26.0 Å². The molecule has 2 aromatic rings. The number of anilines is 1. The van der Waals surface area contributed by atoms with Crippen LogP contribution in [0.3, 0.4) is 0 Å². The predicted octanol–water partition coefficient (Wildman–Crippen LogP) is 5.14. The highest BCUT2D eigenvalue weighted by Gasteiger charge is 2.09. The quantitative estimate of drug-likeness (QED) is 0.804. The van der Waals surface area contributed by atoms with Crippen LogP contribution in [0, 0.1) is 0 Å². The molecule has 1 N–H and O–H groups in total. The van der Waals surface area contributed by atoms with Crippen LogP contribution in [0.4, 0.5) is 5.69 Å². The molecule has 1 heterocycles. The Hall–Kier alpha value is -0.610. The summed E-state index contributed by atoms with van der Waals surface area (Å²) >= 11 is 7.13. The van der Waals surface area contributed by atoms with Crippen LogP contribution in [0.5, 0.6) is 0 Å². The molecular formula is C14H16Br2N2. The maximum Gasteiger partial charge on any atom is 0.0868 e. The molecule has 0 unspecified atom stereocenters. The number of aryl methyl sites for hydroxylation is 1. The number of benzene rings is 1. The van der Waals surface area contributed by atoms with Gasteiger partial charge in [-0.2, -0.15) is 0 Å². The summed E-state index contributed by atoms with van der Waals surface area (Å²) in [5.74, 6) is 0. The SMILES string of the molecule is CCCc1cc(NCC)c2cc(Br)cc(Br)c2n1. The van der Waals surface area contributed by atoms with Gasteiger partial charge < -0.3 is 5.32 Å². The number of hydrogen-bond acceptors (Lipinski definition) is 2. The van der Waals surface area contributed by atoms with Crippen LogP contribution in [-0.4, -0.2) is 11.5 Å². The lowest BCUT2D eigenvalue weighted by Crippen LogP contribution is -2.01. The first kappa shape index (κ1) is 13.8. The number of nitrogens with zero attached hydrogens (tertiary/aromatic N) is 1. The topological polar surface area (TPSA) is 24.9 Å². The summed E-state index contributed by atoms with van der Waals surface area (Å²) in [4.78, 5) is 4.74. The van der Waals surface area contributed by atoms with Crippen molar-refractivity contribution in [3.8, 4) is 0 Å². The molecule has 0 aliphatic rings. The standard InChI is InChI=1S/C14H16Br2N2/c1-3-5-10-8-13(17-4-2)11-6-9(15)7-12(16)14(11)18-10/h6-8H,3-5H2,1-2H3,(H,17,18). The molecule has 4 heteroatoms. The lowest BCUT2D eigenvalue weighted by molar-refractivity contribution is 0.889. The summed E-state index contributed by atoms with van der Waals surface area (Å²) in [5.41, 5.74) is 3.33. The lowest BCUT2D eigenvalue weighted by atomic mass is 10.1. The Bertz CT molecular complexity index is 567. The normalized spacial score (nSPS) is 10.9. The number of halogens is 2. The van der Waals surface area contributed by atoms with Crippen molar-refractivity contribution in [2.24, 2.45) is 0 Å². The fraction of sp³-hybridized carbons (Fsp3) is 0.357. The zero-order valence-corrected chi connectivity index (χ0v) is 13.7. The van der Waals surface area contributed by atoms with Crippen molar-refractivity contribution in [2.45, 2.75) is 26.7 Å². The van der Waals surface area contributed by atoms with E-state index >= 15 is 0 Å². The van der Waals surface area contributed by atoms with Gasteiger partial charge in [0, 0.05) is 32.3 Å². The van der Waals surface area contributed by atoms with Gasteiger partial charge >= 0.3 is 0 Å². The van der Waals surface area contributed by atoms with E-state index in [9.17, 15) is 0 Å². The molecule has 2 rings (SSSR count). The fourth-order valence-electron chi connectivity index (χ4n) is 2.03. The van der Waals surface area contributed by atoms with E-state index in [0.717, 1.165) is 50.6 Å². The molecule has 0 spiro atoms. The third-order valence-electron chi connectivity index (χ3n) is 2.76. The fourth-order valence-corrected chi connectivity index (χ4v) is 3.34. The Morgan fingerprint density at radius 3 is 2.61 bits per heavy atom. The van der Waals surface area contributed by atoms with Crippen LogP contribution in [-0.2, 0) is 6.42 Å². The Morgan fingerprint density at radius 2 is 1.94 bits per heavy atom. The van der Waals surface area contributed by atoms with Crippen LogP contribution in [0.15, 0.2) is 27.1 Å². The molecule has 0 fully saturated rings. The van der Waals surface area contributed by atoms with Crippen LogP contribution in [0.2, 0.25) is 0 Å². The van der Waals surface area contributed by atoms with Crippen molar-refractivity contribution in [1.82, 2.24) is 4.98 Å². The van der Waals surface area contributed by atoms with Gasteiger partial charge in [0.2, 0.25) is 0 Å². The Balaban J connectivity index is 2.68. The largest absolute Gasteiger partial charge is 0.385 e. The molecule has 0 aliphatic heterocycles. The maximum atomic E-state index is 4.74. The number of rotatable bonds is 4. The van der Waals surface area contributed by atoms with Gasteiger partial charge in [0.15, 0.2) is 0 Å². The molecule has 0 saturated heterocycles. The molecule has 1 aromatic heterocycles. The van der Waals surface area contributed by atoms with Crippen LogP contribution >= 0.6 is 31.9 Å². The zero-order valence-electron chi connectivity index (χ0n) is 10.6. The molecule has 0 saturated carbocycles. The predicted molar refractivity (Wildman–Crippen MR) is 85.3 cm³/mol. The smallest absolute Gasteiger partial charge is 0.0868 e. The first-order chi connectivity index (χ1) is 8.65. The van der Waals surface area contributed by atoms with Gasteiger partial charge in [-0.25, -0.2) is 0 Å². The molecule has 96 valence electrons. The van der Waals surface area contributed by atoms with Crippen molar-refractivity contribution in [1.29, 1.82) is 0 Å². The van der Waals surface area contributed by atoms with E-state index < -0.39 is 0 Å². The van der Waals surface area contributed by atoms with Gasteiger partial charge in [-0.15, -0.1) is 0 Å². The summed E-state index contributed by atoms with van der Waals surface area (Å²) < 4.78 is 2.09. The van der Waals surface area contributed by atoms with E-state index in [2.05, 4.69) is 63.2 Å². The van der Waals surface area contributed by atoms with Crippen molar-refractivity contribution in [3.05, 3.63) is 32.8 Å². The minimum Gasteiger partial charge on any atom is -0.385 e. The van der Waals surface area contributed by atoms with E-state index in [1.807, 2.05) is 6.07 Å². The van der Waals surface area contributed by atoms with E-state index in [4.69, 9.17) is 4.98 Å². The van der Waals surface area contributed by atoms with Gasteiger partial charge in [0.25, 0.3) is 0 Å². The van der Waals surface area contributed by atoms with Gasteiger partial charge in [0.05, 0.1) is 5.52 Å². The van der Waals surface area contributed by atoms with E-state index in [0.29, 0.717) is 0 Å². The van der Waals surface area contributed by atoms with E-state index in [-0.39, 0.29) is 0 Å². The molecular weight excluding hydrogens is 356 g/mol. The first-order valence-electron chi connectivity index (χ1n) is 6.18. The molecule has 0 amide bonds. The van der Waals surface area contributed by atoms with E-state index in [1.165, 1.54) is 0 Å². The third-order valence-corrected chi connectivity index (χ3v) is 3.82. The number of pyridine rings is 1. The molecule has 0 radical (unpaired) electrons. The Morgan fingerprint density at radius 1 is 1.17 bits per heavy atom. The highest BCUT2D eigenvalue weighted by Crippen LogP contribution is 2.32. The maximum absolute atomic E-state index is 4.74. The highest BCUT2D eigenvalue weighted by atomic mass is 79.9. The van der Waals surface area contributed by atoms with Crippen molar-refractivity contribution in [2.75, 3.05) is 11.9 Å². The second kappa shape index (κ2) is 6.02.